The molecule has 0 aromatic heterocycles. The van der Waals surface area contributed by atoms with Crippen LogP contribution in [0.25, 0.3) is 0 Å². The van der Waals surface area contributed by atoms with Gasteiger partial charge in [0.2, 0.25) is 0 Å². The fourth-order valence-corrected chi connectivity index (χ4v) is 1.63. The Morgan fingerprint density at radius 3 is 2.46 bits per heavy atom. The molecule has 0 aliphatic heterocycles. The summed E-state index contributed by atoms with van der Waals surface area (Å²) in [5.74, 6) is 0. The predicted octanol–water partition coefficient (Wildman–Crippen LogP) is 1.40. The highest BCUT2D eigenvalue weighted by Crippen LogP contribution is 2.11. The second-order valence-electron chi connectivity index (χ2n) is 2.58. The molecule has 0 saturated carbocycles. The van der Waals surface area contributed by atoms with Gasteiger partial charge in [-0.05, 0) is 23.9 Å². The van der Waals surface area contributed by atoms with Crippen molar-refractivity contribution in [2.75, 3.05) is 20.5 Å². The molecule has 1 aromatic carbocycles. The van der Waals surface area contributed by atoms with E-state index >= 15 is 0 Å². The minimum Gasteiger partial charge on any atom is -0.410 e. The van der Waals surface area contributed by atoms with Crippen molar-refractivity contribution in [1.82, 2.24) is 0 Å². The Hall–Kier alpha value is -0.445. The zero-order valence-corrected chi connectivity index (χ0v) is 8.93. The molecule has 0 heterocycles. The number of hydrogen-bond acceptors (Lipinski definition) is 3. The Morgan fingerprint density at radius 1 is 1.23 bits per heavy atom. The molecule has 1 aromatic rings. The maximum Gasteiger partial charge on any atom is 0.493 e. The minimum atomic E-state index is -0.257. The highest BCUT2D eigenvalue weighted by atomic mass is 32.2. The van der Waals surface area contributed by atoms with E-state index in [1.165, 1.54) is 4.90 Å². The van der Waals surface area contributed by atoms with E-state index in [4.69, 9.17) is 9.31 Å². The summed E-state index contributed by atoms with van der Waals surface area (Å²) in [7, 11) is 3.02. The lowest BCUT2D eigenvalue weighted by atomic mass is 9.79. The highest BCUT2D eigenvalue weighted by Gasteiger charge is 2.17. The van der Waals surface area contributed by atoms with Crippen LogP contribution in [0.15, 0.2) is 29.2 Å². The first-order valence-electron chi connectivity index (χ1n) is 4.01. The quantitative estimate of drug-likeness (QED) is 0.535. The molecule has 70 valence electrons. The van der Waals surface area contributed by atoms with Gasteiger partial charge in [-0.25, -0.2) is 0 Å². The summed E-state index contributed by atoms with van der Waals surface area (Å²) in [6, 6.07) is 8.14. The number of rotatable bonds is 4. The number of benzene rings is 1. The normalized spacial score (nSPS) is 10.1. The smallest absolute Gasteiger partial charge is 0.410 e. The van der Waals surface area contributed by atoms with E-state index < -0.39 is 0 Å². The number of hydrogen-bond donors (Lipinski definition) is 0. The van der Waals surface area contributed by atoms with Gasteiger partial charge < -0.3 is 9.31 Å². The summed E-state index contributed by atoms with van der Waals surface area (Å²) in [5, 5.41) is 0. The monoisotopic (exact) mass is 196 g/mol. The van der Waals surface area contributed by atoms with Gasteiger partial charge in [0.1, 0.15) is 0 Å². The summed E-state index contributed by atoms with van der Waals surface area (Å²) in [6.07, 6.45) is 2.05. The zero-order chi connectivity index (χ0) is 9.68. The molecule has 0 unspecified atom stereocenters. The SMILES string of the molecule is COB(OC)c1cccc(SC)c1. The van der Waals surface area contributed by atoms with E-state index in [2.05, 4.69) is 12.1 Å². The molecule has 0 bridgehead atoms. The molecule has 1 rings (SSSR count). The summed E-state index contributed by atoms with van der Waals surface area (Å²) in [4.78, 5) is 1.22. The van der Waals surface area contributed by atoms with Crippen LogP contribution in [0.4, 0.5) is 0 Å². The van der Waals surface area contributed by atoms with E-state index in [-0.39, 0.29) is 7.12 Å². The maximum atomic E-state index is 5.15. The fraction of sp³-hybridized carbons (Fsp3) is 0.333. The molecule has 13 heavy (non-hydrogen) atoms. The van der Waals surface area contributed by atoms with E-state index in [1.807, 2.05) is 18.4 Å². The average molecular weight is 196 g/mol. The Balaban J connectivity index is 2.86. The molecule has 0 amide bonds. The van der Waals surface area contributed by atoms with E-state index in [9.17, 15) is 0 Å². The molecule has 0 aliphatic rings. The van der Waals surface area contributed by atoms with Gasteiger partial charge in [0.15, 0.2) is 0 Å². The van der Waals surface area contributed by atoms with Gasteiger partial charge in [0, 0.05) is 19.1 Å². The van der Waals surface area contributed by atoms with Gasteiger partial charge in [0.25, 0.3) is 0 Å². The van der Waals surface area contributed by atoms with E-state index in [1.54, 1.807) is 26.0 Å². The second kappa shape index (κ2) is 5.32. The molecule has 0 aliphatic carbocycles. The highest BCUT2D eigenvalue weighted by molar-refractivity contribution is 7.98. The minimum absolute atomic E-state index is 0.257. The van der Waals surface area contributed by atoms with E-state index in [0.717, 1.165) is 5.46 Å². The lowest BCUT2D eigenvalue weighted by molar-refractivity contribution is 0.292. The Morgan fingerprint density at radius 2 is 1.92 bits per heavy atom. The Bertz CT molecular complexity index is 264. The van der Waals surface area contributed by atoms with Gasteiger partial charge in [-0.3, -0.25) is 0 Å². The van der Waals surface area contributed by atoms with Gasteiger partial charge in [-0.1, -0.05) is 12.1 Å². The van der Waals surface area contributed by atoms with Crippen LogP contribution in [-0.2, 0) is 9.31 Å². The third-order valence-corrected chi connectivity index (χ3v) is 2.52. The van der Waals surface area contributed by atoms with Crippen molar-refractivity contribution in [3.05, 3.63) is 24.3 Å². The van der Waals surface area contributed by atoms with Crippen molar-refractivity contribution >= 4 is 24.3 Å². The van der Waals surface area contributed by atoms with Crippen molar-refractivity contribution in [3.8, 4) is 0 Å². The Labute approximate surface area is 83.8 Å². The molecular formula is C9H13BO2S. The first kappa shape index (κ1) is 10.6. The fourth-order valence-electron chi connectivity index (χ4n) is 1.16. The van der Waals surface area contributed by atoms with Crippen LogP contribution in [0.3, 0.4) is 0 Å². The standard InChI is InChI=1S/C9H13BO2S/c1-11-10(12-2)8-5-4-6-9(7-8)13-3/h4-7H,1-3H3. The van der Waals surface area contributed by atoms with Gasteiger partial charge in [-0.15, -0.1) is 11.8 Å². The zero-order valence-electron chi connectivity index (χ0n) is 8.11. The molecule has 2 nitrogen and oxygen atoms in total. The second-order valence-corrected chi connectivity index (χ2v) is 3.46. The first-order chi connectivity index (χ1) is 6.31. The van der Waals surface area contributed by atoms with Crippen LogP contribution in [-0.4, -0.2) is 27.6 Å². The topological polar surface area (TPSA) is 18.5 Å². The lowest BCUT2D eigenvalue weighted by Gasteiger charge is -2.09. The summed E-state index contributed by atoms with van der Waals surface area (Å²) < 4.78 is 10.3. The van der Waals surface area contributed by atoms with E-state index in [0.29, 0.717) is 0 Å². The van der Waals surface area contributed by atoms with Crippen molar-refractivity contribution in [2.24, 2.45) is 0 Å². The summed E-state index contributed by atoms with van der Waals surface area (Å²) in [6.45, 7) is 0. The summed E-state index contributed by atoms with van der Waals surface area (Å²) in [5.41, 5.74) is 1.05. The third kappa shape index (κ3) is 2.76. The molecule has 4 heteroatoms. The molecule has 0 spiro atoms. The van der Waals surface area contributed by atoms with Crippen LogP contribution in [0.2, 0.25) is 0 Å². The van der Waals surface area contributed by atoms with Crippen molar-refractivity contribution in [2.45, 2.75) is 4.90 Å². The van der Waals surface area contributed by atoms with Crippen LogP contribution in [0, 0.1) is 0 Å². The predicted molar refractivity (Wildman–Crippen MR) is 57.6 cm³/mol. The van der Waals surface area contributed by atoms with Gasteiger partial charge in [0.05, 0.1) is 0 Å². The molecule has 0 radical (unpaired) electrons. The third-order valence-electron chi connectivity index (χ3n) is 1.79. The maximum absolute atomic E-state index is 5.15. The molecular weight excluding hydrogens is 183 g/mol. The van der Waals surface area contributed by atoms with Gasteiger partial charge >= 0.3 is 7.12 Å². The van der Waals surface area contributed by atoms with Crippen molar-refractivity contribution in [3.63, 3.8) is 0 Å². The molecule has 0 saturated heterocycles. The van der Waals surface area contributed by atoms with Crippen LogP contribution in [0.5, 0.6) is 0 Å². The lowest BCUT2D eigenvalue weighted by Crippen LogP contribution is -2.34. The van der Waals surface area contributed by atoms with Crippen LogP contribution >= 0.6 is 11.8 Å². The van der Waals surface area contributed by atoms with Crippen LogP contribution in [0.1, 0.15) is 0 Å². The number of thioether (sulfide) groups is 1. The Kier molecular flexibility index (Phi) is 4.35. The first-order valence-corrected chi connectivity index (χ1v) is 5.24. The molecule has 0 N–H and O–H groups in total. The van der Waals surface area contributed by atoms with Crippen molar-refractivity contribution < 1.29 is 9.31 Å². The largest absolute Gasteiger partial charge is 0.493 e. The molecule has 0 fully saturated rings. The molecule has 0 atom stereocenters. The summed E-state index contributed by atoms with van der Waals surface area (Å²) >= 11 is 1.71. The average Bonchev–Trinajstić information content (AvgIpc) is 2.20. The van der Waals surface area contributed by atoms with Crippen molar-refractivity contribution in [1.29, 1.82) is 0 Å². The van der Waals surface area contributed by atoms with Crippen LogP contribution < -0.4 is 5.46 Å². The van der Waals surface area contributed by atoms with Gasteiger partial charge in [-0.2, -0.15) is 0 Å².